The summed E-state index contributed by atoms with van der Waals surface area (Å²) in [5.74, 6) is 0.0654. The van der Waals surface area contributed by atoms with Crippen molar-refractivity contribution in [1.29, 1.82) is 0 Å². The van der Waals surface area contributed by atoms with Crippen LogP contribution in [0.5, 0.6) is 0 Å². The number of likely N-dealkylation sites (tertiary alicyclic amines) is 2. The number of anilines is 1. The Morgan fingerprint density at radius 2 is 1.91 bits per heavy atom. The molecule has 0 unspecified atom stereocenters. The Bertz CT molecular complexity index is 1040. The monoisotopic (exact) mass is 436 g/mol. The molecule has 32 heavy (non-hydrogen) atoms. The van der Waals surface area contributed by atoms with Crippen molar-refractivity contribution in [2.75, 3.05) is 38.6 Å². The van der Waals surface area contributed by atoms with Crippen molar-refractivity contribution >= 4 is 23.7 Å². The number of hydrogen-bond donors (Lipinski definition) is 1. The highest BCUT2D eigenvalue weighted by atomic mass is 16.2. The summed E-state index contributed by atoms with van der Waals surface area (Å²) in [6, 6.07) is 6.80. The van der Waals surface area contributed by atoms with Gasteiger partial charge >= 0.3 is 0 Å². The van der Waals surface area contributed by atoms with Gasteiger partial charge in [0.2, 0.25) is 23.7 Å². The number of benzene rings is 1. The van der Waals surface area contributed by atoms with Crippen molar-refractivity contribution in [2.45, 2.75) is 31.7 Å². The highest BCUT2D eigenvalue weighted by Crippen LogP contribution is 2.37. The summed E-state index contributed by atoms with van der Waals surface area (Å²) in [5.41, 5.74) is 8.23. The van der Waals surface area contributed by atoms with Gasteiger partial charge in [-0.2, -0.15) is 0 Å². The maximum absolute atomic E-state index is 13.1. The third-order valence-electron chi connectivity index (χ3n) is 6.07. The minimum atomic E-state index is -0.486. The zero-order valence-corrected chi connectivity index (χ0v) is 18.5. The molecule has 1 atom stereocenters. The molecule has 3 heterocycles. The van der Waals surface area contributed by atoms with Crippen LogP contribution >= 0.6 is 0 Å². The molecule has 2 aromatic rings. The van der Waals surface area contributed by atoms with Crippen LogP contribution in [0.3, 0.4) is 0 Å². The molecule has 2 N–H and O–H groups in total. The lowest BCUT2D eigenvalue weighted by atomic mass is 9.98. The highest BCUT2D eigenvalue weighted by Gasteiger charge is 2.35. The summed E-state index contributed by atoms with van der Waals surface area (Å²) in [6.07, 6.45) is 4.74. The first-order chi connectivity index (χ1) is 15.3. The fourth-order valence-electron chi connectivity index (χ4n) is 4.37. The third kappa shape index (κ3) is 4.28. The van der Waals surface area contributed by atoms with Crippen LogP contribution in [0.25, 0.3) is 11.1 Å². The zero-order chi connectivity index (χ0) is 22.8. The fraction of sp³-hybridized carbons (Fsp3) is 0.435. The Morgan fingerprint density at radius 3 is 2.53 bits per heavy atom. The molecule has 0 aliphatic carbocycles. The SMILES string of the molecule is CN(C)c1ncc(-c2ccc(C(N)=O)cc2)c([C@H]2CCCN2C(=O)CN2CCCC2=O)n1. The predicted octanol–water partition coefficient (Wildman–Crippen LogP) is 1.59. The molecule has 1 aromatic heterocycles. The number of carbonyl (C=O) groups is 3. The molecule has 0 radical (unpaired) electrons. The van der Waals surface area contributed by atoms with Crippen molar-refractivity contribution in [2.24, 2.45) is 5.73 Å². The second-order valence-corrected chi connectivity index (χ2v) is 8.47. The van der Waals surface area contributed by atoms with Gasteiger partial charge in [-0.15, -0.1) is 0 Å². The van der Waals surface area contributed by atoms with Crippen molar-refractivity contribution in [1.82, 2.24) is 19.8 Å². The zero-order valence-electron chi connectivity index (χ0n) is 18.5. The Hall–Kier alpha value is -3.49. The largest absolute Gasteiger partial charge is 0.366 e. The van der Waals surface area contributed by atoms with E-state index in [1.807, 2.05) is 36.0 Å². The van der Waals surface area contributed by atoms with Gasteiger partial charge in [-0.25, -0.2) is 9.97 Å². The van der Waals surface area contributed by atoms with E-state index in [1.54, 1.807) is 23.2 Å². The van der Waals surface area contributed by atoms with Gasteiger partial charge in [0.05, 0.1) is 18.3 Å². The van der Waals surface area contributed by atoms with E-state index in [2.05, 4.69) is 4.98 Å². The molecule has 0 saturated carbocycles. The summed E-state index contributed by atoms with van der Waals surface area (Å²) in [4.78, 5) is 51.2. The van der Waals surface area contributed by atoms with Crippen molar-refractivity contribution in [3.8, 4) is 11.1 Å². The number of aromatic nitrogens is 2. The standard InChI is InChI=1S/C23H28N6O3/c1-27(2)23-25-13-17(15-7-9-16(10-8-15)22(24)32)21(26-23)18-5-3-12-29(18)20(31)14-28-11-4-6-19(28)30/h7-10,13,18H,3-6,11-12,14H2,1-2H3,(H2,24,32)/t18-/m1/s1. The third-order valence-corrected chi connectivity index (χ3v) is 6.07. The predicted molar refractivity (Wildman–Crippen MR) is 120 cm³/mol. The minimum Gasteiger partial charge on any atom is -0.366 e. The van der Waals surface area contributed by atoms with Gasteiger partial charge in [-0.3, -0.25) is 14.4 Å². The molecule has 2 aliphatic rings. The summed E-state index contributed by atoms with van der Waals surface area (Å²) in [5, 5.41) is 0. The molecule has 9 nitrogen and oxygen atoms in total. The van der Waals surface area contributed by atoms with E-state index in [-0.39, 0.29) is 24.4 Å². The van der Waals surface area contributed by atoms with Crippen molar-refractivity contribution < 1.29 is 14.4 Å². The van der Waals surface area contributed by atoms with E-state index in [4.69, 9.17) is 10.7 Å². The summed E-state index contributed by atoms with van der Waals surface area (Å²) in [6.45, 7) is 1.38. The number of primary amides is 1. The van der Waals surface area contributed by atoms with E-state index in [9.17, 15) is 14.4 Å². The van der Waals surface area contributed by atoms with Crippen LogP contribution in [0, 0.1) is 0 Å². The summed E-state index contributed by atoms with van der Waals surface area (Å²) >= 11 is 0. The summed E-state index contributed by atoms with van der Waals surface area (Å²) in [7, 11) is 3.74. The van der Waals surface area contributed by atoms with E-state index < -0.39 is 5.91 Å². The number of nitrogens with zero attached hydrogens (tertiary/aromatic N) is 5. The maximum atomic E-state index is 13.1. The second-order valence-electron chi connectivity index (χ2n) is 8.47. The number of amides is 3. The van der Waals surface area contributed by atoms with Crippen LogP contribution in [0.4, 0.5) is 5.95 Å². The van der Waals surface area contributed by atoms with Crippen LogP contribution in [-0.2, 0) is 9.59 Å². The van der Waals surface area contributed by atoms with Crippen molar-refractivity contribution in [3.05, 3.63) is 41.7 Å². The first-order valence-electron chi connectivity index (χ1n) is 10.9. The van der Waals surface area contributed by atoms with E-state index in [1.165, 1.54) is 0 Å². The molecular weight excluding hydrogens is 408 g/mol. The molecule has 4 rings (SSSR count). The van der Waals surface area contributed by atoms with Crippen LogP contribution < -0.4 is 10.6 Å². The molecule has 168 valence electrons. The number of rotatable bonds is 6. The van der Waals surface area contributed by atoms with Crippen LogP contribution in [-0.4, -0.2) is 71.2 Å². The Morgan fingerprint density at radius 1 is 1.16 bits per heavy atom. The van der Waals surface area contributed by atoms with E-state index in [0.29, 0.717) is 31.0 Å². The van der Waals surface area contributed by atoms with E-state index in [0.717, 1.165) is 36.1 Å². The number of nitrogens with two attached hydrogens (primary N) is 1. The molecule has 0 bridgehead atoms. The van der Waals surface area contributed by atoms with Gasteiger partial charge in [0.1, 0.15) is 0 Å². The Kier molecular flexibility index (Phi) is 6.07. The van der Waals surface area contributed by atoms with Gasteiger partial charge in [-0.05, 0) is 37.0 Å². The average Bonchev–Trinajstić information content (AvgIpc) is 3.42. The molecule has 2 saturated heterocycles. The topological polar surface area (TPSA) is 113 Å². The first kappa shape index (κ1) is 21.7. The number of hydrogen-bond acceptors (Lipinski definition) is 6. The number of carbonyl (C=O) groups excluding carboxylic acids is 3. The smallest absolute Gasteiger partial charge is 0.248 e. The minimum absolute atomic E-state index is 0.0428. The van der Waals surface area contributed by atoms with Gasteiger partial charge in [-0.1, -0.05) is 12.1 Å². The van der Waals surface area contributed by atoms with Gasteiger partial charge in [0.25, 0.3) is 0 Å². The Labute approximate surface area is 187 Å². The molecule has 3 amide bonds. The van der Waals surface area contributed by atoms with Crippen LogP contribution in [0.15, 0.2) is 30.5 Å². The van der Waals surface area contributed by atoms with Gasteiger partial charge < -0.3 is 20.4 Å². The maximum Gasteiger partial charge on any atom is 0.248 e. The van der Waals surface area contributed by atoms with Crippen LogP contribution in [0.1, 0.15) is 47.8 Å². The normalized spacial score (nSPS) is 18.3. The molecule has 0 spiro atoms. The molecule has 2 aliphatic heterocycles. The fourth-order valence-corrected chi connectivity index (χ4v) is 4.37. The molecule has 2 fully saturated rings. The quantitative estimate of drug-likeness (QED) is 0.736. The highest BCUT2D eigenvalue weighted by molar-refractivity contribution is 5.93. The van der Waals surface area contributed by atoms with E-state index >= 15 is 0 Å². The van der Waals surface area contributed by atoms with Crippen LogP contribution in [0.2, 0.25) is 0 Å². The Balaban J connectivity index is 1.68. The molecule has 1 aromatic carbocycles. The molecule has 9 heteroatoms. The lowest BCUT2D eigenvalue weighted by Crippen LogP contribution is -2.40. The molecular formula is C23H28N6O3. The lowest BCUT2D eigenvalue weighted by molar-refractivity contribution is -0.139. The second kappa shape index (κ2) is 8.94. The average molecular weight is 437 g/mol. The van der Waals surface area contributed by atoms with Crippen molar-refractivity contribution in [3.63, 3.8) is 0 Å². The van der Waals surface area contributed by atoms with Gasteiger partial charge in [0, 0.05) is 50.9 Å². The first-order valence-corrected chi connectivity index (χ1v) is 10.9. The lowest BCUT2D eigenvalue weighted by Gasteiger charge is -2.28. The summed E-state index contributed by atoms with van der Waals surface area (Å²) < 4.78 is 0. The van der Waals surface area contributed by atoms with Gasteiger partial charge in [0.15, 0.2) is 0 Å².